The average molecular weight is 273 g/mol. The Morgan fingerprint density at radius 1 is 1.35 bits per heavy atom. The first kappa shape index (κ1) is 14.2. The number of hydrogen-bond acceptors (Lipinski definition) is 4. The highest BCUT2D eigenvalue weighted by Gasteiger charge is 2.14. The number of amides is 1. The molecule has 1 amide bonds. The van der Waals surface area contributed by atoms with Gasteiger partial charge in [-0.2, -0.15) is 0 Å². The number of rotatable bonds is 6. The van der Waals surface area contributed by atoms with Crippen LogP contribution in [-0.2, 0) is 17.9 Å². The lowest BCUT2D eigenvalue weighted by atomic mass is 10.3. The summed E-state index contributed by atoms with van der Waals surface area (Å²) >= 11 is 0. The molecule has 1 N–H and O–H groups in total. The van der Waals surface area contributed by atoms with Gasteiger partial charge in [0, 0.05) is 18.8 Å². The fourth-order valence-corrected chi connectivity index (χ4v) is 2.01. The number of carbonyl (C=O) groups excluding carboxylic acids is 1. The molecule has 0 aliphatic heterocycles. The Kier molecular flexibility index (Phi) is 4.84. The number of benzene rings is 1. The number of anilines is 1. The molecular weight excluding hydrogens is 254 g/mol. The predicted molar refractivity (Wildman–Crippen MR) is 77.3 cm³/mol. The Bertz CT molecular complexity index is 552. The Hall–Kier alpha value is -2.21. The van der Waals surface area contributed by atoms with E-state index in [1.54, 1.807) is 15.8 Å². The van der Waals surface area contributed by atoms with Crippen molar-refractivity contribution in [1.82, 2.24) is 20.3 Å². The first-order chi connectivity index (χ1) is 9.74. The highest BCUT2D eigenvalue weighted by Crippen LogP contribution is 2.13. The Balaban J connectivity index is 2.05. The number of aromatic nitrogens is 3. The zero-order valence-electron chi connectivity index (χ0n) is 11.8. The van der Waals surface area contributed by atoms with Gasteiger partial charge in [-0.15, -0.1) is 5.10 Å². The molecule has 106 valence electrons. The van der Waals surface area contributed by atoms with Crippen molar-refractivity contribution in [2.45, 2.75) is 20.0 Å². The van der Waals surface area contributed by atoms with Crippen molar-refractivity contribution in [2.24, 2.45) is 0 Å². The van der Waals surface area contributed by atoms with Crippen LogP contribution in [0.1, 0.15) is 12.6 Å². The molecule has 0 saturated heterocycles. The Morgan fingerprint density at radius 2 is 2.10 bits per heavy atom. The van der Waals surface area contributed by atoms with Crippen LogP contribution in [0, 0.1) is 0 Å². The van der Waals surface area contributed by atoms with Gasteiger partial charge in [0.05, 0.1) is 11.9 Å². The summed E-state index contributed by atoms with van der Waals surface area (Å²) in [6.07, 6.45) is 1.78. The fraction of sp³-hybridized carbons (Fsp3) is 0.357. The van der Waals surface area contributed by atoms with E-state index in [0.717, 1.165) is 11.4 Å². The van der Waals surface area contributed by atoms with E-state index in [1.165, 1.54) is 0 Å². The van der Waals surface area contributed by atoms with E-state index in [0.29, 0.717) is 13.1 Å². The van der Waals surface area contributed by atoms with Gasteiger partial charge in [0.25, 0.3) is 0 Å². The molecule has 1 aromatic carbocycles. The number of hydrogen-bond donors (Lipinski definition) is 1. The van der Waals surface area contributed by atoms with E-state index in [4.69, 9.17) is 0 Å². The maximum absolute atomic E-state index is 12.3. The maximum atomic E-state index is 12.3. The van der Waals surface area contributed by atoms with Crippen molar-refractivity contribution < 1.29 is 4.79 Å². The molecule has 1 heterocycles. The number of carbonyl (C=O) groups is 1. The van der Waals surface area contributed by atoms with E-state index in [2.05, 4.69) is 15.6 Å². The minimum atomic E-state index is -0.000363. The Labute approximate surface area is 118 Å². The summed E-state index contributed by atoms with van der Waals surface area (Å²) in [6.45, 7) is 3.42. The SMILES string of the molecule is CCN(C(=O)Cn1cc(CNC)nn1)c1ccccc1. The molecule has 0 unspecified atom stereocenters. The van der Waals surface area contributed by atoms with Gasteiger partial charge in [-0.05, 0) is 26.1 Å². The highest BCUT2D eigenvalue weighted by molar-refractivity contribution is 5.93. The van der Waals surface area contributed by atoms with Crippen molar-refractivity contribution >= 4 is 11.6 Å². The molecule has 20 heavy (non-hydrogen) atoms. The molecule has 2 aromatic rings. The van der Waals surface area contributed by atoms with Gasteiger partial charge in [0.15, 0.2) is 0 Å². The van der Waals surface area contributed by atoms with Gasteiger partial charge in [0.1, 0.15) is 6.54 Å². The predicted octanol–water partition coefficient (Wildman–Crippen LogP) is 1.05. The van der Waals surface area contributed by atoms with Gasteiger partial charge in [-0.1, -0.05) is 23.4 Å². The first-order valence-electron chi connectivity index (χ1n) is 6.63. The van der Waals surface area contributed by atoms with Gasteiger partial charge in [0.2, 0.25) is 5.91 Å². The second kappa shape index (κ2) is 6.81. The maximum Gasteiger partial charge on any atom is 0.248 e. The molecule has 0 saturated carbocycles. The van der Waals surface area contributed by atoms with Crippen LogP contribution in [0.2, 0.25) is 0 Å². The lowest BCUT2D eigenvalue weighted by Gasteiger charge is -2.20. The van der Waals surface area contributed by atoms with Crippen molar-refractivity contribution in [3.63, 3.8) is 0 Å². The lowest BCUT2D eigenvalue weighted by Crippen LogP contribution is -2.33. The summed E-state index contributed by atoms with van der Waals surface area (Å²) in [5, 5.41) is 11.0. The van der Waals surface area contributed by atoms with E-state index >= 15 is 0 Å². The van der Waals surface area contributed by atoms with Crippen molar-refractivity contribution in [2.75, 3.05) is 18.5 Å². The molecule has 0 bridgehead atoms. The molecule has 0 fully saturated rings. The molecule has 0 radical (unpaired) electrons. The van der Waals surface area contributed by atoms with E-state index in [-0.39, 0.29) is 12.5 Å². The van der Waals surface area contributed by atoms with E-state index in [1.807, 2.05) is 44.3 Å². The summed E-state index contributed by atoms with van der Waals surface area (Å²) in [7, 11) is 1.85. The molecule has 0 aliphatic rings. The van der Waals surface area contributed by atoms with Crippen LogP contribution in [0.25, 0.3) is 0 Å². The normalized spacial score (nSPS) is 10.5. The van der Waals surface area contributed by atoms with E-state index in [9.17, 15) is 4.79 Å². The van der Waals surface area contributed by atoms with Crippen LogP contribution in [0.4, 0.5) is 5.69 Å². The summed E-state index contributed by atoms with van der Waals surface area (Å²) in [6, 6.07) is 9.63. The molecular formula is C14H19N5O. The summed E-state index contributed by atoms with van der Waals surface area (Å²) in [5.41, 5.74) is 1.72. The van der Waals surface area contributed by atoms with Crippen LogP contribution >= 0.6 is 0 Å². The molecule has 6 heteroatoms. The van der Waals surface area contributed by atoms with Crippen LogP contribution in [-0.4, -0.2) is 34.5 Å². The molecule has 0 spiro atoms. The van der Waals surface area contributed by atoms with Crippen LogP contribution < -0.4 is 10.2 Å². The number of para-hydroxylation sites is 1. The summed E-state index contributed by atoms with van der Waals surface area (Å²) in [4.78, 5) is 14.1. The standard InChI is InChI=1S/C14H19N5O/c1-3-19(13-7-5-4-6-8-13)14(20)11-18-10-12(9-15-2)16-17-18/h4-8,10,15H,3,9,11H2,1-2H3. The van der Waals surface area contributed by atoms with Crippen molar-refractivity contribution in [3.8, 4) is 0 Å². The third-order valence-corrected chi connectivity index (χ3v) is 2.93. The number of nitrogens with zero attached hydrogens (tertiary/aromatic N) is 4. The minimum absolute atomic E-state index is 0.000363. The topological polar surface area (TPSA) is 63.1 Å². The largest absolute Gasteiger partial charge is 0.314 e. The zero-order valence-corrected chi connectivity index (χ0v) is 11.8. The molecule has 1 aromatic heterocycles. The fourth-order valence-electron chi connectivity index (χ4n) is 2.01. The van der Waals surface area contributed by atoms with Crippen LogP contribution in [0.15, 0.2) is 36.5 Å². The number of nitrogens with one attached hydrogen (secondary N) is 1. The van der Waals surface area contributed by atoms with Gasteiger partial charge >= 0.3 is 0 Å². The van der Waals surface area contributed by atoms with E-state index < -0.39 is 0 Å². The van der Waals surface area contributed by atoms with Gasteiger partial charge in [-0.25, -0.2) is 4.68 Å². The highest BCUT2D eigenvalue weighted by atomic mass is 16.2. The van der Waals surface area contributed by atoms with Gasteiger partial charge < -0.3 is 10.2 Å². The second-order valence-electron chi connectivity index (χ2n) is 4.41. The third kappa shape index (κ3) is 3.42. The molecule has 2 rings (SSSR count). The first-order valence-corrected chi connectivity index (χ1v) is 6.63. The summed E-state index contributed by atoms with van der Waals surface area (Å²) in [5.74, 6) is -0.000363. The molecule has 0 aliphatic carbocycles. The van der Waals surface area contributed by atoms with Crippen LogP contribution in [0.3, 0.4) is 0 Å². The third-order valence-electron chi connectivity index (χ3n) is 2.93. The van der Waals surface area contributed by atoms with Crippen molar-refractivity contribution in [3.05, 3.63) is 42.2 Å². The molecule has 0 atom stereocenters. The minimum Gasteiger partial charge on any atom is -0.314 e. The van der Waals surface area contributed by atoms with Crippen LogP contribution in [0.5, 0.6) is 0 Å². The number of likely N-dealkylation sites (N-methyl/N-ethyl adjacent to an activating group) is 1. The Morgan fingerprint density at radius 3 is 2.75 bits per heavy atom. The lowest BCUT2D eigenvalue weighted by molar-refractivity contribution is -0.119. The second-order valence-corrected chi connectivity index (χ2v) is 4.41. The van der Waals surface area contributed by atoms with Gasteiger partial charge in [-0.3, -0.25) is 4.79 Å². The average Bonchev–Trinajstić information content (AvgIpc) is 2.88. The summed E-state index contributed by atoms with van der Waals surface area (Å²) < 4.78 is 1.57. The molecule has 6 nitrogen and oxygen atoms in total. The smallest absolute Gasteiger partial charge is 0.248 e. The van der Waals surface area contributed by atoms with Crippen molar-refractivity contribution in [1.29, 1.82) is 0 Å². The monoisotopic (exact) mass is 273 g/mol. The zero-order chi connectivity index (χ0) is 14.4. The quantitative estimate of drug-likeness (QED) is 0.854.